The Kier molecular flexibility index (Phi) is 10.3. The van der Waals surface area contributed by atoms with Gasteiger partial charge in [-0.1, -0.05) is 12.1 Å². The summed E-state index contributed by atoms with van der Waals surface area (Å²) < 4.78 is 13.9. The van der Waals surface area contributed by atoms with Crippen molar-refractivity contribution < 1.29 is 4.39 Å². The van der Waals surface area contributed by atoms with E-state index in [-0.39, 0.29) is 29.8 Å². The zero-order valence-corrected chi connectivity index (χ0v) is 21.1. The number of guanidine groups is 1. The largest absolute Gasteiger partial charge is 0.367 e. The van der Waals surface area contributed by atoms with E-state index in [1.807, 2.05) is 26.0 Å². The van der Waals surface area contributed by atoms with Crippen molar-refractivity contribution >= 4 is 47.0 Å². The van der Waals surface area contributed by atoms with Crippen LogP contribution in [-0.4, -0.2) is 62.2 Å². The number of halogens is 2. The molecular formula is C21H32FIN6S. The number of aromatic nitrogens is 1. The van der Waals surface area contributed by atoms with Crippen LogP contribution < -0.4 is 15.5 Å². The molecule has 0 bridgehead atoms. The van der Waals surface area contributed by atoms with Gasteiger partial charge >= 0.3 is 0 Å². The summed E-state index contributed by atoms with van der Waals surface area (Å²) in [7, 11) is 1.79. The monoisotopic (exact) mass is 546 g/mol. The molecular weight excluding hydrogens is 514 g/mol. The molecule has 0 saturated carbocycles. The Hall–Kier alpha value is -1.46. The summed E-state index contributed by atoms with van der Waals surface area (Å²) in [5, 5.41) is 7.84. The van der Waals surface area contributed by atoms with Crippen LogP contribution in [0.4, 0.5) is 10.1 Å². The molecule has 9 heteroatoms. The minimum atomic E-state index is -0.132. The molecule has 3 rings (SSSR count). The predicted molar refractivity (Wildman–Crippen MR) is 135 cm³/mol. The summed E-state index contributed by atoms with van der Waals surface area (Å²) in [6.07, 6.45) is 1.04. The molecule has 166 valence electrons. The highest BCUT2D eigenvalue weighted by atomic mass is 127. The van der Waals surface area contributed by atoms with Crippen LogP contribution in [-0.2, 0) is 6.54 Å². The van der Waals surface area contributed by atoms with Crippen LogP contribution in [0.1, 0.15) is 22.0 Å². The Morgan fingerprint density at radius 3 is 2.53 bits per heavy atom. The topological polar surface area (TPSA) is 55.8 Å². The van der Waals surface area contributed by atoms with Gasteiger partial charge in [0.2, 0.25) is 0 Å². The molecule has 0 radical (unpaired) electrons. The number of nitrogens with zero attached hydrogens (tertiary/aromatic N) is 4. The van der Waals surface area contributed by atoms with E-state index < -0.39 is 0 Å². The minimum absolute atomic E-state index is 0. The average Bonchev–Trinajstić information content (AvgIpc) is 3.05. The molecule has 1 aliphatic heterocycles. The molecule has 2 N–H and O–H groups in total. The van der Waals surface area contributed by atoms with Gasteiger partial charge in [0.25, 0.3) is 0 Å². The molecule has 0 amide bonds. The van der Waals surface area contributed by atoms with Gasteiger partial charge in [-0.15, -0.1) is 35.3 Å². The average molecular weight is 546 g/mol. The molecule has 0 unspecified atom stereocenters. The van der Waals surface area contributed by atoms with Crippen LogP contribution in [0.3, 0.4) is 0 Å². The molecule has 1 aromatic heterocycles. The second kappa shape index (κ2) is 12.4. The quantitative estimate of drug-likeness (QED) is 0.242. The number of para-hydroxylation sites is 1. The SMILES string of the molecule is CN=C(NCCCN1CCN(c2ccccc2F)CC1)NCc1sc(C)nc1C.I. The summed E-state index contributed by atoms with van der Waals surface area (Å²) in [6, 6.07) is 7.04. The second-order valence-corrected chi connectivity index (χ2v) is 8.52. The lowest BCUT2D eigenvalue weighted by atomic mass is 10.2. The van der Waals surface area contributed by atoms with Crippen molar-refractivity contribution in [2.45, 2.75) is 26.8 Å². The van der Waals surface area contributed by atoms with Gasteiger partial charge in [-0.3, -0.25) is 9.89 Å². The van der Waals surface area contributed by atoms with Gasteiger partial charge < -0.3 is 15.5 Å². The van der Waals surface area contributed by atoms with Crippen molar-refractivity contribution in [1.29, 1.82) is 0 Å². The summed E-state index contributed by atoms with van der Waals surface area (Å²) in [5.74, 6) is 0.688. The van der Waals surface area contributed by atoms with Gasteiger partial charge in [-0.05, 0) is 38.9 Å². The predicted octanol–water partition coefficient (Wildman–Crippen LogP) is 3.39. The number of benzene rings is 1. The first kappa shape index (κ1) is 24.8. The zero-order valence-electron chi connectivity index (χ0n) is 17.9. The highest BCUT2D eigenvalue weighted by Gasteiger charge is 2.18. The standard InChI is InChI=1S/C21H31FN6S.HI/c1-16-20(29-17(2)26-16)15-25-21(23-3)24-9-6-10-27-11-13-28(14-12-27)19-8-5-4-7-18(19)22;/h4-5,7-8H,6,9-15H2,1-3H3,(H2,23,24,25);1H. The lowest BCUT2D eigenvalue weighted by molar-refractivity contribution is 0.254. The van der Waals surface area contributed by atoms with Gasteiger partial charge in [0.05, 0.1) is 22.9 Å². The molecule has 1 aromatic carbocycles. The van der Waals surface area contributed by atoms with Gasteiger partial charge in [0.1, 0.15) is 5.82 Å². The number of hydrogen-bond acceptors (Lipinski definition) is 5. The molecule has 30 heavy (non-hydrogen) atoms. The molecule has 0 spiro atoms. The van der Waals surface area contributed by atoms with Gasteiger partial charge in [0.15, 0.2) is 5.96 Å². The number of anilines is 1. The fourth-order valence-electron chi connectivity index (χ4n) is 3.55. The normalized spacial score (nSPS) is 15.1. The smallest absolute Gasteiger partial charge is 0.191 e. The first-order chi connectivity index (χ1) is 14.1. The molecule has 2 heterocycles. The number of aliphatic imine (C=N–C) groups is 1. The number of rotatable bonds is 7. The van der Waals surface area contributed by atoms with Gasteiger partial charge in [-0.2, -0.15) is 0 Å². The molecule has 0 atom stereocenters. The number of thiazole rings is 1. The highest BCUT2D eigenvalue weighted by molar-refractivity contribution is 14.0. The van der Waals surface area contributed by atoms with Crippen molar-refractivity contribution in [3.8, 4) is 0 Å². The molecule has 1 fully saturated rings. The third-order valence-corrected chi connectivity index (χ3v) is 6.22. The zero-order chi connectivity index (χ0) is 20.6. The lowest BCUT2D eigenvalue weighted by Gasteiger charge is -2.36. The van der Waals surface area contributed by atoms with Crippen molar-refractivity contribution in [3.05, 3.63) is 45.7 Å². The molecule has 2 aromatic rings. The van der Waals surface area contributed by atoms with E-state index in [0.29, 0.717) is 0 Å². The highest BCUT2D eigenvalue weighted by Crippen LogP contribution is 2.20. The van der Waals surface area contributed by atoms with E-state index in [2.05, 4.69) is 30.4 Å². The van der Waals surface area contributed by atoms with E-state index in [4.69, 9.17) is 0 Å². The van der Waals surface area contributed by atoms with Crippen molar-refractivity contribution in [2.75, 3.05) is 51.2 Å². The number of piperazine rings is 1. The summed E-state index contributed by atoms with van der Waals surface area (Å²) >= 11 is 1.72. The van der Waals surface area contributed by atoms with E-state index in [1.54, 1.807) is 24.5 Å². The fraction of sp³-hybridized carbons (Fsp3) is 0.524. The van der Waals surface area contributed by atoms with E-state index in [9.17, 15) is 4.39 Å². The first-order valence-electron chi connectivity index (χ1n) is 10.2. The van der Waals surface area contributed by atoms with E-state index in [1.165, 1.54) is 10.9 Å². The van der Waals surface area contributed by atoms with Crippen LogP contribution >= 0.6 is 35.3 Å². The third-order valence-electron chi connectivity index (χ3n) is 5.15. The maximum atomic E-state index is 13.9. The maximum absolute atomic E-state index is 13.9. The Balaban J connectivity index is 0.00000320. The number of aryl methyl sites for hydroxylation is 2. The summed E-state index contributed by atoms with van der Waals surface area (Å²) in [5.41, 5.74) is 1.81. The minimum Gasteiger partial charge on any atom is -0.367 e. The lowest BCUT2D eigenvalue weighted by Crippen LogP contribution is -2.47. The van der Waals surface area contributed by atoms with Gasteiger partial charge in [0, 0.05) is 44.6 Å². The van der Waals surface area contributed by atoms with Crippen LogP contribution in [0.15, 0.2) is 29.3 Å². The molecule has 1 saturated heterocycles. The Morgan fingerprint density at radius 2 is 1.90 bits per heavy atom. The Bertz CT molecular complexity index is 820. The van der Waals surface area contributed by atoms with E-state index in [0.717, 1.165) is 74.6 Å². The van der Waals surface area contributed by atoms with Crippen LogP contribution in [0.25, 0.3) is 0 Å². The van der Waals surface area contributed by atoms with Crippen LogP contribution in [0.2, 0.25) is 0 Å². The molecule has 1 aliphatic rings. The van der Waals surface area contributed by atoms with Crippen LogP contribution in [0.5, 0.6) is 0 Å². The number of hydrogen-bond donors (Lipinski definition) is 2. The summed E-state index contributed by atoms with van der Waals surface area (Å²) in [4.78, 5) is 14.6. The fourth-order valence-corrected chi connectivity index (χ4v) is 4.43. The van der Waals surface area contributed by atoms with Crippen molar-refractivity contribution in [1.82, 2.24) is 20.5 Å². The Morgan fingerprint density at radius 1 is 1.17 bits per heavy atom. The maximum Gasteiger partial charge on any atom is 0.191 e. The van der Waals surface area contributed by atoms with Crippen molar-refractivity contribution in [2.24, 2.45) is 4.99 Å². The second-order valence-electron chi connectivity index (χ2n) is 7.23. The molecule has 0 aliphatic carbocycles. The first-order valence-corrected chi connectivity index (χ1v) is 11.0. The number of nitrogens with one attached hydrogen (secondary N) is 2. The van der Waals surface area contributed by atoms with Gasteiger partial charge in [-0.25, -0.2) is 9.37 Å². The van der Waals surface area contributed by atoms with Crippen LogP contribution in [0, 0.1) is 19.7 Å². The van der Waals surface area contributed by atoms with E-state index >= 15 is 0 Å². The molecule has 6 nitrogen and oxygen atoms in total. The third kappa shape index (κ3) is 7.05. The summed E-state index contributed by atoms with van der Waals surface area (Å²) in [6.45, 7) is 10.4. The Labute approximate surface area is 200 Å². The van der Waals surface area contributed by atoms with Crippen molar-refractivity contribution in [3.63, 3.8) is 0 Å².